The third kappa shape index (κ3) is 3.07. The molecule has 0 bridgehead atoms. The molecular formula is C13H19N3O4S. The van der Waals surface area contributed by atoms with Crippen molar-refractivity contribution in [3.05, 3.63) is 33.9 Å². The quantitative estimate of drug-likeness (QED) is 0.667. The number of nitro groups is 1. The van der Waals surface area contributed by atoms with Gasteiger partial charge in [-0.05, 0) is 32.4 Å². The lowest BCUT2D eigenvalue weighted by Crippen LogP contribution is -2.44. The molecule has 0 unspecified atom stereocenters. The summed E-state index contributed by atoms with van der Waals surface area (Å²) in [6.07, 6.45) is 1.41. The molecule has 1 fully saturated rings. The zero-order chi connectivity index (χ0) is 15.6. The molecule has 1 aromatic rings. The Labute approximate surface area is 124 Å². The molecule has 2 rings (SSSR count). The third-order valence-electron chi connectivity index (χ3n) is 3.85. The fourth-order valence-corrected chi connectivity index (χ4v) is 4.46. The lowest BCUT2D eigenvalue weighted by Gasteiger charge is -2.31. The van der Waals surface area contributed by atoms with Gasteiger partial charge in [-0.1, -0.05) is 12.1 Å². The summed E-state index contributed by atoms with van der Waals surface area (Å²) < 4.78 is 26.8. The average Bonchev–Trinajstić information content (AvgIpc) is 2.46. The van der Waals surface area contributed by atoms with Gasteiger partial charge in [-0.3, -0.25) is 10.1 Å². The molecule has 1 saturated heterocycles. The lowest BCUT2D eigenvalue weighted by atomic mass is 10.1. The van der Waals surface area contributed by atoms with Gasteiger partial charge in [0.15, 0.2) is 4.90 Å². The monoisotopic (exact) mass is 313 g/mol. The Morgan fingerprint density at radius 3 is 2.48 bits per heavy atom. The van der Waals surface area contributed by atoms with Crippen LogP contribution in [0.2, 0.25) is 0 Å². The van der Waals surface area contributed by atoms with Crippen LogP contribution in [0.25, 0.3) is 0 Å². The predicted octanol–water partition coefficient (Wildman–Crippen LogP) is 1.28. The fraction of sp³-hybridized carbons (Fsp3) is 0.538. The van der Waals surface area contributed by atoms with Gasteiger partial charge in [0.05, 0.1) is 4.92 Å². The molecule has 0 amide bonds. The molecule has 0 aliphatic carbocycles. The lowest BCUT2D eigenvalue weighted by molar-refractivity contribution is -0.387. The molecule has 116 valence electrons. The second-order valence-electron chi connectivity index (χ2n) is 5.15. The number of aryl methyl sites for hydroxylation is 1. The normalized spacial score (nSPS) is 17.8. The van der Waals surface area contributed by atoms with Crippen molar-refractivity contribution in [2.75, 3.05) is 20.1 Å². The van der Waals surface area contributed by atoms with Gasteiger partial charge in [-0.25, -0.2) is 8.42 Å². The SMILES string of the molecule is CNC1CCN(S(=O)(=O)c2c(C)cccc2[N+](=O)[O-])CC1. The number of hydrogen-bond acceptors (Lipinski definition) is 5. The van der Waals surface area contributed by atoms with E-state index in [1.165, 1.54) is 16.4 Å². The van der Waals surface area contributed by atoms with Gasteiger partial charge in [0.2, 0.25) is 10.0 Å². The Kier molecular flexibility index (Phi) is 4.60. The van der Waals surface area contributed by atoms with Gasteiger partial charge in [0, 0.05) is 25.2 Å². The summed E-state index contributed by atoms with van der Waals surface area (Å²) in [6.45, 7) is 2.33. The first-order valence-corrected chi connectivity index (χ1v) is 8.23. The van der Waals surface area contributed by atoms with Gasteiger partial charge in [-0.2, -0.15) is 4.31 Å². The van der Waals surface area contributed by atoms with Crippen LogP contribution in [-0.4, -0.2) is 43.8 Å². The van der Waals surface area contributed by atoms with E-state index < -0.39 is 14.9 Å². The Morgan fingerprint density at radius 2 is 1.95 bits per heavy atom. The van der Waals surface area contributed by atoms with Crippen molar-refractivity contribution in [1.82, 2.24) is 9.62 Å². The highest BCUT2D eigenvalue weighted by Gasteiger charge is 2.35. The number of nitro benzene ring substituents is 1. The van der Waals surface area contributed by atoms with Gasteiger partial charge in [0.1, 0.15) is 0 Å². The summed E-state index contributed by atoms with van der Waals surface area (Å²) in [5.41, 5.74) is 0.0469. The van der Waals surface area contributed by atoms with E-state index >= 15 is 0 Å². The molecule has 21 heavy (non-hydrogen) atoms. The van der Waals surface area contributed by atoms with Gasteiger partial charge in [0.25, 0.3) is 5.69 Å². The first-order chi connectivity index (χ1) is 9.87. The van der Waals surface area contributed by atoms with Gasteiger partial charge < -0.3 is 5.32 Å². The van der Waals surface area contributed by atoms with Crippen LogP contribution < -0.4 is 5.32 Å². The number of piperidine rings is 1. The summed E-state index contributed by atoms with van der Waals surface area (Å²) in [7, 11) is -1.99. The number of nitrogens with one attached hydrogen (secondary N) is 1. The van der Waals surface area contributed by atoms with Crippen molar-refractivity contribution in [3.8, 4) is 0 Å². The van der Waals surface area contributed by atoms with Crippen molar-refractivity contribution in [2.24, 2.45) is 0 Å². The second kappa shape index (κ2) is 6.08. The molecule has 0 atom stereocenters. The van der Waals surface area contributed by atoms with E-state index in [0.29, 0.717) is 37.5 Å². The highest BCUT2D eigenvalue weighted by molar-refractivity contribution is 7.89. The third-order valence-corrected chi connectivity index (χ3v) is 5.94. The van der Waals surface area contributed by atoms with Gasteiger partial charge >= 0.3 is 0 Å². The largest absolute Gasteiger partial charge is 0.317 e. The molecule has 1 aliphatic rings. The average molecular weight is 313 g/mol. The number of sulfonamides is 1. The molecule has 0 saturated carbocycles. The fourth-order valence-electron chi connectivity index (χ4n) is 2.63. The zero-order valence-corrected chi connectivity index (χ0v) is 12.9. The number of rotatable bonds is 4. The molecule has 0 aromatic heterocycles. The first-order valence-electron chi connectivity index (χ1n) is 6.79. The van der Waals surface area contributed by atoms with Crippen LogP contribution in [0.4, 0.5) is 5.69 Å². The van der Waals surface area contributed by atoms with E-state index in [9.17, 15) is 18.5 Å². The highest BCUT2D eigenvalue weighted by Crippen LogP contribution is 2.31. The van der Waals surface area contributed by atoms with Gasteiger partial charge in [-0.15, -0.1) is 0 Å². The smallest absolute Gasteiger partial charge is 0.289 e. The molecule has 1 N–H and O–H groups in total. The Morgan fingerprint density at radius 1 is 1.33 bits per heavy atom. The summed E-state index contributed by atoms with van der Waals surface area (Å²) in [4.78, 5) is 10.3. The van der Waals surface area contributed by atoms with E-state index in [0.717, 1.165) is 0 Å². The van der Waals surface area contributed by atoms with Crippen LogP contribution in [0.3, 0.4) is 0 Å². The number of benzene rings is 1. The van der Waals surface area contributed by atoms with E-state index in [1.807, 2.05) is 7.05 Å². The predicted molar refractivity (Wildman–Crippen MR) is 78.7 cm³/mol. The molecule has 1 heterocycles. The summed E-state index contributed by atoms with van der Waals surface area (Å²) in [5.74, 6) is 0. The number of nitrogens with zero attached hydrogens (tertiary/aromatic N) is 2. The molecule has 1 aromatic carbocycles. The van der Waals surface area contributed by atoms with Crippen LogP contribution in [0.15, 0.2) is 23.1 Å². The highest BCUT2D eigenvalue weighted by atomic mass is 32.2. The van der Waals surface area contributed by atoms with Crippen molar-refractivity contribution < 1.29 is 13.3 Å². The van der Waals surface area contributed by atoms with Crippen LogP contribution in [0, 0.1) is 17.0 Å². The Bertz CT molecular complexity index is 637. The van der Waals surface area contributed by atoms with Crippen molar-refractivity contribution >= 4 is 15.7 Å². The summed E-state index contributed by atoms with van der Waals surface area (Å²) in [5, 5.41) is 14.2. The van der Waals surface area contributed by atoms with Crippen molar-refractivity contribution in [1.29, 1.82) is 0 Å². The van der Waals surface area contributed by atoms with Crippen molar-refractivity contribution in [3.63, 3.8) is 0 Å². The summed E-state index contributed by atoms with van der Waals surface area (Å²) >= 11 is 0. The maximum Gasteiger partial charge on any atom is 0.289 e. The molecule has 8 heteroatoms. The van der Waals surface area contributed by atoms with E-state index in [1.54, 1.807) is 13.0 Å². The minimum atomic E-state index is -3.84. The van der Waals surface area contributed by atoms with Crippen LogP contribution in [-0.2, 0) is 10.0 Å². The van der Waals surface area contributed by atoms with E-state index in [4.69, 9.17) is 0 Å². The van der Waals surface area contributed by atoms with Crippen LogP contribution in [0.1, 0.15) is 18.4 Å². The minimum Gasteiger partial charge on any atom is -0.317 e. The molecule has 0 radical (unpaired) electrons. The zero-order valence-electron chi connectivity index (χ0n) is 12.1. The maximum atomic E-state index is 12.7. The summed E-state index contributed by atoms with van der Waals surface area (Å²) in [6, 6.07) is 4.61. The maximum absolute atomic E-state index is 12.7. The Balaban J connectivity index is 2.39. The number of hydrogen-bond donors (Lipinski definition) is 1. The first kappa shape index (κ1) is 15.9. The molecule has 7 nitrogen and oxygen atoms in total. The molecule has 1 aliphatic heterocycles. The van der Waals surface area contributed by atoms with Crippen LogP contribution >= 0.6 is 0 Å². The Hall–Kier alpha value is -1.51. The van der Waals surface area contributed by atoms with E-state index in [2.05, 4.69) is 5.32 Å². The molecule has 0 spiro atoms. The van der Waals surface area contributed by atoms with Crippen molar-refractivity contribution in [2.45, 2.75) is 30.7 Å². The second-order valence-corrected chi connectivity index (χ2v) is 7.02. The van der Waals surface area contributed by atoms with Crippen LogP contribution in [0.5, 0.6) is 0 Å². The standard InChI is InChI=1S/C13H19N3O4S/c1-10-4-3-5-12(16(17)18)13(10)21(19,20)15-8-6-11(14-2)7-9-15/h3-5,11,14H,6-9H2,1-2H3. The topological polar surface area (TPSA) is 92.6 Å². The minimum absolute atomic E-state index is 0.182. The van der Waals surface area contributed by atoms with E-state index in [-0.39, 0.29) is 10.6 Å². The molecular weight excluding hydrogens is 294 g/mol.